The summed E-state index contributed by atoms with van der Waals surface area (Å²) in [4.78, 5) is 0. The summed E-state index contributed by atoms with van der Waals surface area (Å²) < 4.78 is 7.92. The van der Waals surface area contributed by atoms with Crippen molar-refractivity contribution >= 4 is 12.2 Å². The molecule has 1 aromatic heterocycles. The molecule has 0 aliphatic carbocycles. The van der Waals surface area contributed by atoms with Gasteiger partial charge in [-0.1, -0.05) is 31.2 Å². The Morgan fingerprint density at radius 2 is 1.86 bits per heavy atom. The molecule has 0 aliphatic rings. The number of rotatable bonds is 4. The van der Waals surface area contributed by atoms with E-state index in [4.69, 9.17) is 17.0 Å². The number of nitrogens with zero attached hydrogens (tertiary/aromatic N) is 2. The van der Waals surface area contributed by atoms with Crippen LogP contribution in [0.2, 0.25) is 0 Å². The minimum Gasteiger partial charge on any atom is -0.496 e. The molecule has 5 heteroatoms. The molecule has 0 fully saturated rings. The van der Waals surface area contributed by atoms with E-state index in [0.29, 0.717) is 4.77 Å². The quantitative estimate of drug-likeness (QED) is 0.735. The first-order chi connectivity index (χ1) is 10.7. The molecule has 0 saturated heterocycles. The second-order valence-corrected chi connectivity index (χ2v) is 5.29. The van der Waals surface area contributed by atoms with Crippen LogP contribution in [0.5, 0.6) is 5.75 Å². The SMILES string of the molecule is CCc1ccc(-n2c(-c3ccccc3OC)n[nH]c2=S)cc1. The second kappa shape index (κ2) is 6.15. The van der Waals surface area contributed by atoms with Crippen LogP contribution in [-0.2, 0) is 6.42 Å². The zero-order chi connectivity index (χ0) is 15.5. The van der Waals surface area contributed by atoms with Gasteiger partial charge in [0.05, 0.1) is 12.7 Å². The van der Waals surface area contributed by atoms with Crippen molar-refractivity contribution < 1.29 is 4.74 Å². The van der Waals surface area contributed by atoms with Crippen molar-refractivity contribution in [1.29, 1.82) is 0 Å². The summed E-state index contributed by atoms with van der Waals surface area (Å²) >= 11 is 5.40. The Hall–Kier alpha value is -2.40. The monoisotopic (exact) mass is 311 g/mol. The lowest BCUT2D eigenvalue weighted by Gasteiger charge is -2.10. The molecule has 0 atom stereocenters. The maximum Gasteiger partial charge on any atom is 0.200 e. The lowest BCUT2D eigenvalue weighted by molar-refractivity contribution is 0.416. The largest absolute Gasteiger partial charge is 0.496 e. The van der Waals surface area contributed by atoms with Crippen LogP contribution in [0, 0.1) is 4.77 Å². The highest BCUT2D eigenvalue weighted by Crippen LogP contribution is 2.29. The Kier molecular flexibility index (Phi) is 4.06. The summed E-state index contributed by atoms with van der Waals surface area (Å²) in [7, 11) is 1.65. The Morgan fingerprint density at radius 1 is 1.14 bits per heavy atom. The van der Waals surface area contributed by atoms with Gasteiger partial charge >= 0.3 is 0 Å². The van der Waals surface area contributed by atoms with Crippen LogP contribution in [0.4, 0.5) is 0 Å². The summed E-state index contributed by atoms with van der Waals surface area (Å²) in [5.74, 6) is 1.51. The molecule has 3 aromatic rings. The molecule has 112 valence electrons. The first-order valence-electron chi connectivity index (χ1n) is 7.14. The van der Waals surface area contributed by atoms with Crippen molar-refractivity contribution in [3.8, 4) is 22.8 Å². The lowest BCUT2D eigenvalue weighted by Crippen LogP contribution is -1.99. The van der Waals surface area contributed by atoms with Gasteiger partial charge in [0.1, 0.15) is 5.75 Å². The first-order valence-corrected chi connectivity index (χ1v) is 7.55. The van der Waals surface area contributed by atoms with Gasteiger partial charge < -0.3 is 4.74 Å². The number of benzene rings is 2. The van der Waals surface area contributed by atoms with E-state index in [9.17, 15) is 0 Å². The third-order valence-electron chi connectivity index (χ3n) is 3.62. The maximum absolute atomic E-state index is 5.44. The summed E-state index contributed by atoms with van der Waals surface area (Å²) in [6.07, 6.45) is 1.01. The average Bonchev–Trinajstić information content (AvgIpc) is 2.96. The number of nitrogens with one attached hydrogen (secondary N) is 1. The van der Waals surface area contributed by atoms with E-state index in [1.54, 1.807) is 7.11 Å². The highest BCUT2D eigenvalue weighted by Gasteiger charge is 2.14. The minimum absolute atomic E-state index is 0.560. The average molecular weight is 311 g/mol. The van der Waals surface area contributed by atoms with Gasteiger partial charge in [-0.3, -0.25) is 9.67 Å². The number of hydrogen-bond acceptors (Lipinski definition) is 3. The molecule has 2 aromatic carbocycles. The van der Waals surface area contributed by atoms with Gasteiger partial charge in [-0.15, -0.1) is 0 Å². The summed E-state index contributed by atoms with van der Waals surface area (Å²) in [6.45, 7) is 2.14. The molecule has 0 bridgehead atoms. The van der Waals surface area contributed by atoms with Gasteiger partial charge in [-0.25, -0.2) is 0 Å². The van der Waals surface area contributed by atoms with Crippen LogP contribution in [0.25, 0.3) is 17.1 Å². The van der Waals surface area contributed by atoms with Crippen molar-refractivity contribution in [2.45, 2.75) is 13.3 Å². The fraction of sp³-hybridized carbons (Fsp3) is 0.176. The standard InChI is InChI=1S/C17H17N3OS/c1-3-12-8-10-13(11-9-12)20-16(18-19-17(20)22)14-6-4-5-7-15(14)21-2/h4-11H,3H2,1-2H3,(H,19,22). The molecule has 1 heterocycles. The first kappa shape index (κ1) is 14.5. The molecule has 0 amide bonds. The van der Waals surface area contributed by atoms with E-state index in [0.717, 1.165) is 29.2 Å². The summed E-state index contributed by atoms with van der Waals surface area (Å²) in [5.41, 5.74) is 3.17. The molecule has 1 N–H and O–H groups in total. The molecule has 0 spiro atoms. The molecule has 0 radical (unpaired) electrons. The predicted molar refractivity (Wildman–Crippen MR) is 90.1 cm³/mol. The topological polar surface area (TPSA) is 42.8 Å². The third-order valence-corrected chi connectivity index (χ3v) is 3.90. The molecule has 0 unspecified atom stereocenters. The number of aromatic nitrogens is 3. The van der Waals surface area contributed by atoms with Crippen molar-refractivity contribution in [3.05, 3.63) is 58.9 Å². The summed E-state index contributed by atoms with van der Waals surface area (Å²) in [6, 6.07) is 16.1. The smallest absolute Gasteiger partial charge is 0.200 e. The van der Waals surface area contributed by atoms with Gasteiger partial charge in [0.2, 0.25) is 0 Å². The molecular weight excluding hydrogens is 294 g/mol. The van der Waals surface area contributed by atoms with E-state index in [1.165, 1.54) is 5.56 Å². The minimum atomic E-state index is 0.560. The van der Waals surface area contributed by atoms with Gasteiger partial charge in [0.25, 0.3) is 0 Å². The zero-order valence-corrected chi connectivity index (χ0v) is 13.4. The lowest BCUT2D eigenvalue weighted by atomic mass is 10.1. The highest BCUT2D eigenvalue weighted by molar-refractivity contribution is 7.71. The molecule has 3 rings (SSSR count). The Morgan fingerprint density at radius 3 is 2.55 bits per heavy atom. The van der Waals surface area contributed by atoms with Crippen LogP contribution >= 0.6 is 12.2 Å². The number of methoxy groups -OCH3 is 1. The number of aromatic amines is 1. The van der Waals surface area contributed by atoms with Crippen LogP contribution in [0.1, 0.15) is 12.5 Å². The van der Waals surface area contributed by atoms with Crippen molar-refractivity contribution in [1.82, 2.24) is 14.8 Å². The van der Waals surface area contributed by atoms with Gasteiger partial charge in [0, 0.05) is 5.69 Å². The molecule has 0 saturated carbocycles. The van der Waals surface area contributed by atoms with Crippen molar-refractivity contribution in [3.63, 3.8) is 0 Å². The number of para-hydroxylation sites is 1. The van der Waals surface area contributed by atoms with E-state index in [1.807, 2.05) is 28.8 Å². The molecular formula is C17H17N3OS. The second-order valence-electron chi connectivity index (χ2n) is 4.91. The molecule has 4 nitrogen and oxygen atoms in total. The normalized spacial score (nSPS) is 10.6. The van der Waals surface area contributed by atoms with Gasteiger partial charge in [-0.05, 0) is 48.5 Å². The Bertz CT molecular complexity index is 834. The predicted octanol–water partition coefficient (Wildman–Crippen LogP) is 4.17. The van der Waals surface area contributed by atoms with E-state index in [-0.39, 0.29) is 0 Å². The number of aryl methyl sites for hydroxylation is 1. The molecule has 0 aliphatic heterocycles. The zero-order valence-electron chi connectivity index (χ0n) is 12.5. The third kappa shape index (κ3) is 2.55. The maximum atomic E-state index is 5.44. The van der Waals surface area contributed by atoms with Crippen LogP contribution < -0.4 is 4.74 Å². The van der Waals surface area contributed by atoms with Crippen molar-refractivity contribution in [2.24, 2.45) is 0 Å². The Balaban J connectivity index is 2.17. The van der Waals surface area contributed by atoms with E-state index < -0.39 is 0 Å². The van der Waals surface area contributed by atoms with Crippen LogP contribution in [0.3, 0.4) is 0 Å². The number of hydrogen-bond donors (Lipinski definition) is 1. The summed E-state index contributed by atoms with van der Waals surface area (Å²) in [5, 5.41) is 7.25. The fourth-order valence-corrected chi connectivity index (χ4v) is 2.66. The fourth-order valence-electron chi connectivity index (χ4n) is 2.43. The van der Waals surface area contributed by atoms with Gasteiger partial charge in [0.15, 0.2) is 10.6 Å². The van der Waals surface area contributed by atoms with Gasteiger partial charge in [-0.2, -0.15) is 5.10 Å². The number of ether oxygens (including phenoxy) is 1. The number of H-pyrrole nitrogens is 1. The van der Waals surface area contributed by atoms with Crippen LogP contribution in [0.15, 0.2) is 48.5 Å². The Labute approximate surface area is 134 Å². The highest BCUT2D eigenvalue weighted by atomic mass is 32.1. The van der Waals surface area contributed by atoms with E-state index >= 15 is 0 Å². The molecule has 22 heavy (non-hydrogen) atoms. The van der Waals surface area contributed by atoms with Crippen molar-refractivity contribution in [2.75, 3.05) is 7.11 Å². The van der Waals surface area contributed by atoms with E-state index in [2.05, 4.69) is 41.4 Å². The van der Waals surface area contributed by atoms with Crippen LogP contribution in [-0.4, -0.2) is 21.9 Å².